The maximum absolute atomic E-state index is 11.5. The Labute approximate surface area is 102 Å². The van der Waals surface area contributed by atoms with Crippen molar-refractivity contribution in [1.29, 1.82) is 0 Å². The summed E-state index contributed by atoms with van der Waals surface area (Å²) in [5.41, 5.74) is 1.95. The average Bonchev–Trinajstić information content (AvgIpc) is 2.32. The van der Waals surface area contributed by atoms with Crippen molar-refractivity contribution in [3.05, 3.63) is 29.8 Å². The van der Waals surface area contributed by atoms with E-state index in [4.69, 9.17) is 0 Å². The molecule has 0 aromatic heterocycles. The van der Waals surface area contributed by atoms with Crippen LogP contribution in [0.1, 0.15) is 18.9 Å². The number of hydrogen-bond acceptors (Lipinski definition) is 3. The molecule has 4 heteroatoms. The van der Waals surface area contributed by atoms with E-state index in [1.54, 1.807) is 0 Å². The fraction of sp³-hybridized carbons (Fsp3) is 0.462. The summed E-state index contributed by atoms with van der Waals surface area (Å²) >= 11 is 0. The molecule has 17 heavy (non-hydrogen) atoms. The molecular weight excluding hydrogens is 216 g/mol. The Morgan fingerprint density at radius 1 is 1.35 bits per heavy atom. The topological polar surface area (TPSA) is 61.4 Å². The molecule has 0 aliphatic rings. The number of rotatable bonds is 6. The maximum atomic E-state index is 11.5. The normalized spacial score (nSPS) is 12.2. The van der Waals surface area contributed by atoms with Crippen molar-refractivity contribution in [2.24, 2.45) is 0 Å². The van der Waals surface area contributed by atoms with Gasteiger partial charge in [-0.15, -0.1) is 0 Å². The molecular formula is C13H20N2O2. The fourth-order valence-corrected chi connectivity index (χ4v) is 1.34. The van der Waals surface area contributed by atoms with E-state index in [1.165, 1.54) is 0 Å². The van der Waals surface area contributed by atoms with Gasteiger partial charge in [0.2, 0.25) is 5.91 Å². The third-order valence-electron chi connectivity index (χ3n) is 2.47. The Bertz CT molecular complexity index is 349. The summed E-state index contributed by atoms with van der Waals surface area (Å²) in [5, 5.41) is 15.0. The minimum Gasteiger partial charge on any atom is -0.392 e. The average molecular weight is 236 g/mol. The van der Waals surface area contributed by atoms with Crippen molar-refractivity contribution in [2.45, 2.75) is 26.4 Å². The second-order valence-corrected chi connectivity index (χ2v) is 4.11. The van der Waals surface area contributed by atoms with E-state index >= 15 is 0 Å². The second kappa shape index (κ2) is 7.04. The Kier molecular flexibility index (Phi) is 5.66. The molecule has 4 nitrogen and oxygen atoms in total. The number of aliphatic hydroxyl groups excluding tert-OH is 1. The standard InChI is InChI=1S/C13H20N2O2/c1-3-12(16)8-14-9-13(17)15-11-6-4-10(2)5-7-11/h4-7,12,14,16H,3,8-9H2,1-2H3,(H,15,17). The van der Waals surface area contributed by atoms with Crippen molar-refractivity contribution in [3.63, 3.8) is 0 Å². The first-order chi connectivity index (χ1) is 8.11. The third kappa shape index (κ3) is 5.47. The molecule has 1 aromatic carbocycles. The van der Waals surface area contributed by atoms with Crippen LogP contribution < -0.4 is 10.6 Å². The van der Waals surface area contributed by atoms with E-state index < -0.39 is 0 Å². The molecule has 1 unspecified atom stereocenters. The van der Waals surface area contributed by atoms with Crippen LogP contribution in [0.4, 0.5) is 5.69 Å². The molecule has 0 radical (unpaired) electrons. The van der Waals surface area contributed by atoms with E-state index in [0.717, 1.165) is 11.3 Å². The van der Waals surface area contributed by atoms with Crippen LogP contribution in [0.3, 0.4) is 0 Å². The summed E-state index contributed by atoms with van der Waals surface area (Å²) < 4.78 is 0. The fourth-order valence-electron chi connectivity index (χ4n) is 1.34. The molecule has 3 N–H and O–H groups in total. The van der Waals surface area contributed by atoms with Gasteiger partial charge in [-0.3, -0.25) is 4.79 Å². The molecule has 0 aliphatic carbocycles. The summed E-state index contributed by atoms with van der Waals surface area (Å²) in [7, 11) is 0. The van der Waals surface area contributed by atoms with Gasteiger partial charge in [-0.25, -0.2) is 0 Å². The van der Waals surface area contributed by atoms with Gasteiger partial charge in [0.05, 0.1) is 12.6 Å². The molecule has 0 saturated heterocycles. The van der Waals surface area contributed by atoms with Gasteiger partial charge in [0.1, 0.15) is 0 Å². The Balaban J connectivity index is 2.27. The zero-order valence-corrected chi connectivity index (χ0v) is 10.4. The molecule has 0 saturated carbocycles. The molecule has 94 valence electrons. The summed E-state index contributed by atoms with van der Waals surface area (Å²) in [4.78, 5) is 11.5. The van der Waals surface area contributed by atoms with Gasteiger partial charge in [-0.2, -0.15) is 0 Å². The van der Waals surface area contributed by atoms with Crippen LogP contribution >= 0.6 is 0 Å². The molecule has 1 rings (SSSR count). The van der Waals surface area contributed by atoms with Gasteiger partial charge in [0.25, 0.3) is 0 Å². The van der Waals surface area contributed by atoms with E-state index in [-0.39, 0.29) is 18.6 Å². The van der Waals surface area contributed by atoms with Crippen molar-refractivity contribution in [1.82, 2.24) is 5.32 Å². The molecule has 1 atom stereocenters. The predicted molar refractivity (Wildman–Crippen MR) is 69.0 cm³/mol. The van der Waals surface area contributed by atoms with Crippen LogP contribution in [-0.4, -0.2) is 30.2 Å². The van der Waals surface area contributed by atoms with E-state index in [9.17, 15) is 9.90 Å². The lowest BCUT2D eigenvalue weighted by atomic mass is 10.2. The van der Waals surface area contributed by atoms with E-state index in [2.05, 4.69) is 10.6 Å². The quantitative estimate of drug-likeness (QED) is 0.697. The number of aryl methyl sites for hydroxylation is 1. The van der Waals surface area contributed by atoms with Crippen molar-refractivity contribution in [3.8, 4) is 0 Å². The highest BCUT2D eigenvalue weighted by Gasteiger charge is 2.04. The number of carbonyl (C=O) groups excluding carboxylic acids is 1. The van der Waals surface area contributed by atoms with Gasteiger partial charge < -0.3 is 15.7 Å². The van der Waals surface area contributed by atoms with Crippen molar-refractivity contribution in [2.75, 3.05) is 18.4 Å². The van der Waals surface area contributed by atoms with Crippen molar-refractivity contribution < 1.29 is 9.90 Å². The third-order valence-corrected chi connectivity index (χ3v) is 2.47. The molecule has 0 bridgehead atoms. The first-order valence-corrected chi connectivity index (χ1v) is 5.87. The SMILES string of the molecule is CCC(O)CNCC(=O)Nc1ccc(C)cc1. The van der Waals surface area contributed by atoms with Crippen LogP contribution in [0.2, 0.25) is 0 Å². The number of benzene rings is 1. The van der Waals surface area contributed by atoms with Gasteiger partial charge in [0, 0.05) is 12.2 Å². The van der Waals surface area contributed by atoms with Gasteiger partial charge in [-0.1, -0.05) is 24.6 Å². The molecule has 1 amide bonds. The van der Waals surface area contributed by atoms with Crippen LogP contribution in [0.5, 0.6) is 0 Å². The monoisotopic (exact) mass is 236 g/mol. The van der Waals surface area contributed by atoms with Gasteiger partial charge in [-0.05, 0) is 25.5 Å². The predicted octanol–water partition coefficient (Wildman–Crippen LogP) is 1.29. The van der Waals surface area contributed by atoms with Crippen LogP contribution in [0.15, 0.2) is 24.3 Å². The molecule has 1 aromatic rings. The molecule has 0 spiro atoms. The Morgan fingerprint density at radius 2 is 2.00 bits per heavy atom. The number of nitrogens with one attached hydrogen (secondary N) is 2. The highest BCUT2D eigenvalue weighted by atomic mass is 16.3. The largest absolute Gasteiger partial charge is 0.392 e. The first kappa shape index (κ1) is 13.7. The number of amides is 1. The van der Waals surface area contributed by atoms with Crippen LogP contribution in [-0.2, 0) is 4.79 Å². The lowest BCUT2D eigenvalue weighted by Crippen LogP contribution is -2.33. The van der Waals surface area contributed by atoms with Crippen LogP contribution in [0.25, 0.3) is 0 Å². The Hall–Kier alpha value is -1.39. The minimum absolute atomic E-state index is 0.0999. The molecule has 0 heterocycles. The Morgan fingerprint density at radius 3 is 2.59 bits per heavy atom. The van der Waals surface area contributed by atoms with E-state index in [1.807, 2.05) is 38.1 Å². The number of anilines is 1. The van der Waals surface area contributed by atoms with E-state index in [0.29, 0.717) is 13.0 Å². The minimum atomic E-state index is -0.387. The number of carbonyl (C=O) groups is 1. The summed E-state index contributed by atoms with van der Waals surface area (Å²) in [5.74, 6) is -0.0999. The highest BCUT2D eigenvalue weighted by Crippen LogP contribution is 2.07. The van der Waals surface area contributed by atoms with Crippen molar-refractivity contribution >= 4 is 11.6 Å². The number of aliphatic hydroxyl groups is 1. The molecule has 0 fully saturated rings. The zero-order chi connectivity index (χ0) is 12.7. The first-order valence-electron chi connectivity index (χ1n) is 5.87. The van der Waals surface area contributed by atoms with Gasteiger partial charge >= 0.3 is 0 Å². The summed E-state index contributed by atoms with van der Waals surface area (Å²) in [6.07, 6.45) is 0.300. The van der Waals surface area contributed by atoms with Crippen LogP contribution in [0, 0.1) is 6.92 Å². The highest BCUT2D eigenvalue weighted by molar-refractivity contribution is 5.92. The number of hydrogen-bond donors (Lipinski definition) is 3. The summed E-state index contributed by atoms with van der Waals surface area (Å²) in [6, 6.07) is 7.63. The second-order valence-electron chi connectivity index (χ2n) is 4.11. The smallest absolute Gasteiger partial charge is 0.238 e. The lowest BCUT2D eigenvalue weighted by molar-refractivity contribution is -0.115. The zero-order valence-electron chi connectivity index (χ0n) is 10.4. The van der Waals surface area contributed by atoms with Gasteiger partial charge in [0.15, 0.2) is 0 Å². The lowest BCUT2D eigenvalue weighted by Gasteiger charge is -2.09. The molecule has 0 aliphatic heterocycles. The maximum Gasteiger partial charge on any atom is 0.238 e. The summed E-state index contributed by atoms with van der Waals surface area (Å²) in [6.45, 7) is 4.56.